The molecule has 1 heterocycles. The second-order valence-electron chi connectivity index (χ2n) is 4.29. The fraction of sp³-hybridized carbons (Fsp3) is 0.231. The number of fused-ring (bicyclic) bond motifs is 1. The molecule has 20 heavy (non-hydrogen) atoms. The lowest BCUT2D eigenvalue weighted by Crippen LogP contribution is -2.38. The van der Waals surface area contributed by atoms with Crippen LogP contribution in [0.5, 0.6) is 0 Å². The number of rotatable bonds is 4. The van der Waals surface area contributed by atoms with Crippen molar-refractivity contribution >= 4 is 16.8 Å². The first-order valence-electron chi connectivity index (χ1n) is 5.81. The van der Waals surface area contributed by atoms with E-state index in [-0.39, 0.29) is 0 Å². The predicted molar refractivity (Wildman–Crippen MR) is 67.7 cm³/mol. The van der Waals surface area contributed by atoms with E-state index in [1.807, 2.05) is 0 Å². The van der Waals surface area contributed by atoms with E-state index in [0.717, 1.165) is 5.39 Å². The average molecular weight is 283 g/mol. The van der Waals surface area contributed by atoms with Crippen molar-refractivity contribution in [1.82, 2.24) is 10.3 Å². The van der Waals surface area contributed by atoms with Crippen LogP contribution in [0.3, 0.4) is 0 Å². The molecule has 2 aromatic rings. The summed E-state index contributed by atoms with van der Waals surface area (Å²) in [5, 5.41) is 2.85. The van der Waals surface area contributed by atoms with Crippen LogP contribution in [-0.4, -0.2) is 23.6 Å². The zero-order chi connectivity index (χ0) is 14.8. The second-order valence-corrected chi connectivity index (χ2v) is 4.29. The molecule has 1 atom stereocenters. The molecule has 0 aliphatic rings. The Labute approximate surface area is 112 Å². The molecule has 7 heteroatoms. The highest BCUT2D eigenvalue weighted by Crippen LogP contribution is 2.21. The summed E-state index contributed by atoms with van der Waals surface area (Å²) in [4.78, 5) is 15.4. The number of nitrogens with zero attached hydrogens (tertiary/aromatic N) is 1. The van der Waals surface area contributed by atoms with Crippen LogP contribution in [0.4, 0.5) is 13.2 Å². The van der Waals surface area contributed by atoms with Gasteiger partial charge in [0.05, 0.1) is 12.1 Å². The molecular weight excluding hydrogens is 271 g/mol. The van der Waals surface area contributed by atoms with Gasteiger partial charge in [0.25, 0.3) is 0 Å². The fourth-order valence-electron chi connectivity index (χ4n) is 1.87. The Kier molecular flexibility index (Phi) is 3.89. The van der Waals surface area contributed by atoms with Gasteiger partial charge in [-0.25, -0.2) is 0 Å². The molecule has 106 valence electrons. The van der Waals surface area contributed by atoms with Crippen molar-refractivity contribution in [2.45, 2.75) is 12.2 Å². The minimum Gasteiger partial charge on any atom is -0.368 e. The van der Waals surface area contributed by atoms with E-state index in [1.165, 1.54) is 6.07 Å². The van der Waals surface area contributed by atoms with Crippen molar-refractivity contribution in [3.63, 3.8) is 0 Å². The third kappa shape index (κ3) is 3.45. The Balaban J connectivity index is 2.29. The molecule has 2 rings (SSSR count). The minimum atomic E-state index is -4.41. The number of carbonyl (C=O) groups is 1. The molecular formula is C13H12F3N3O. The smallest absolute Gasteiger partial charge is 0.368 e. The van der Waals surface area contributed by atoms with Gasteiger partial charge in [-0.15, -0.1) is 0 Å². The second kappa shape index (κ2) is 5.46. The summed E-state index contributed by atoms with van der Waals surface area (Å²) >= 11 is 0. The lowest BCUT2D eigenvalue weighted by atomic mass is 10.0. The maximum Gasteiger partial charge on any atom is 0.401 e. The van der Waals surface area contributed by atoms with E-state index in [1.54, 1.807) is 30.5 Å². The summed E-state index contributed by atoms with van der Waals surface area (Å²) in [6.07, 6.45) is -2.80. The normalized spacial score (nSPS) is 13.3. The molecule has 1 aromatic carbocycles. The van der Waals surface area contributed by atoms with Gasteiger partial charge in [0.1, 0.15) is 6.04 Å². The predicted octanol–water partition coefficient (Wildman–Crippen LogP) is 1.91. The van der Waals surface area contributed by atoms with Gasteiger partial charge < -0.3 is 5.73 Å². The number of hydrogen-bond acceptors (Lipinski definition) is 3. The number of amides is 1. The Hall–Kier alpha value is -2.15. The number of halogens is 3. The summed E-state index contributed by atoms with van der Waals surface area (Å²) in [5.41, 5.74) is 6.22. The Morgan fingerprint density at radius 1 is 1.35 bits per heavy atom. The van der Waals surface area contributed by atoms with Crippen molar-refractivity contribution in [3.8, 4) is 0 Å². The van der Waals surface area contributed by atoms with Gasteiger partial charge in [0.2, 0.25) is 5.91 Å². The molecule has 0 saturated heterocycles. The Morgan fingerprint density at radius 3 is 2.75 bits per heavy atom. The van der Waals surface area contributed by atoms with Crippen LogP contribution in [0.25, 0.3) is 10.9 Å². The van der Waals surface area contributed by atoms with Crippen molar-refractivity contribution < 1.29 is 18.0 Å². The minimum absolute atomic E-state index is 0.377. The average Bonchev–Trinajstić information content (AvgIpc) is 2.37. The van der Waals surface area contributed by atoms with E-state index < -0.39 is 24.7 Å². The third-order valence-electron chi connectivity index (χ3n) is 2.75. The molecule has 4 nitrogen and oxygen atoms in total. The lowest BCUT2D eigenvalue weighted by Gasteiger charge is -2.17. The van der Waals surface area contributed by atoms with Crippen LogP contribution >= 0.6 is 0 Å². The highest BCUT2D eigenvalue weighted by atomic mass is 19.4. The molecule has 1 unspecified atom stereocenters. The van der Waals surface area contributed by atoms with Gasteiger partial charge in [0, 0.05) is 11.6 Å². The molecule has 1 aromatic heterocycles. The number of hydrogen-bond donors (Lipinski definition) is 2. The molecule has 0 spiro atoms. The maximum atomic E-state index is 12.2. The number of benzene rings is 1. The number of primary amides is 1. The lowest BCUT2D eigenvalue weighted by molar-refractivity contribution is -0.130. The molecule has 0 bridgehead atoms. The van der Waals surface area contributed by atoms with Crippen LogP contribution in [0.2, 0.25) is 0 Å². The number of carbonyl (C=O) groups excluding carboxylic acids is 1. The highest BCUT2D eigenvalue weighted by molar-refractivity contribution is 5.85. The molecule has 1 amide bonds. The van der Waals surface area contributed by atoms with Crippen LogP contribution in [0, 0.1) is 0 Å². The SMILES string of the molecule is NC(=O)C(NCC(F)(F)F)c1ccc2ncccc2c1. The first-order chi connectivity index (χ1) is 9.37. The van der Waals surface area contributed by atoms with E-state index >= 15 is 0 Å². The quantitative estimate of drug-likeness (QED) is 0.900. The summed E-state index contributed by atoms with van der Waals surface area (Å²) in [7, 11) is 0. The van der Waals surface area contributed by atoms with Gasteiger partial charge >= 0.3 is 6.18 Å². The summed E-state index contributed by atoms with van der Waals surface area (Å²) < 4.78 is 36.7. The van der Waals surface area contributed by atoms with E-state index in [9.17, 15) is 18.0 Å². The number of aromatic nitrogens is 1. The topological polar surface area (TPSA) is 68.0 Å². The third-order valence-corrected chi connectivity index (χ3v) is 2.75. The molecule has 0 aliphatic heterocycles. The summed E-state index contributed by atoms with van der Waals surface area (Å²) in [6.45, 7) is -1.29. The first kappa shape index (κ1) is 14.3. The van der Waals surface area contributed by atoms with Crippen LogP contribution < -0.4 is 11.1 Å². The molecule has 0 aliphatic carbocycles. The standard InChI is InChI=1S/C13H12F3N3O/c14-13(15,16)7-19-11(12(17)20)9-3-4-10-8(6-9)2-1-5-18-10/h1-6,11,19H,7H2,(H2,17,20). The largest absolute Gasteiger partial charge is 0.401 e. The Bertz CT molecular complexity index is 628. The number of nitrogens with one attached hydrogen (secondary N) is 1. The van der Waals surface area contributed by atoms with E-state index in [2.05, 4.69) is 10.3 Å². The van der Waals surface area contributed by atoms with E-state index in [0.29, 0.717) is 11.1 Å². The van der Waals surface area contributed by atoms with Gasteiger partial charge in [-0.1, -0.05) is 12.1 Å². The summed E-state index contributed by atoms with van der Waals surface area (Å²) in [6, 6.07) is 7.04. The first-order valence-corrected chi connectivity index (χ1v) is 5.81. The van der Waals surface area contributed by atoms with Gasteiger partial charge in [-0.05, 0) is 23.8 Å². The number of alkyl halides is 3. The van der Waals surface area contributed by atoms with Gasteiger partial charge in [0.15, 0.2) is 0 Å². The molecule has 0 radical (unpaired) electrons. The van der Waals surface area contributed by atoms with E-state index in [4.69, 9.17) is 5.73 Å². The van der Waals surface area contributed by atoms with Crippen LogP contribution in [0.15, 0.2) is 36.5 Å². The zero-order valence-electron chi connectivity index (χ0n) is 10.3. The summed E-state index contributed by atoms with van der Waals surface area (Å²) in [5.74, 6) is -0.863. The zero-order valence-corrected chi connectivity index (χ0v) is 10.3. The number of nitrogens with two attached hydrogens (primary N) is 1. The Morgan fingerprint density at radius 2 is 2.10 bits per heavy atom. The van der Waals surface area contributed by atoms with Crippen LogP contribution in [0.1, 0.15) is 11.6 Å². The van der Waals surface area contributed by atoms with Crippen molar-refractivity contribution in [2.24, 2.45) is 5.73 Å². The van der Waals surface area contributed by atoms with Gasteiger partial charge in [-0.2, -0.15) is 13.2 Å². The number of pyridine rings is 1. The maximum absolute atomic E-state index is 12.2. The molecule has 3 N–H and O–H groups in total. The monoisotopic (exact) mass is 283 g/mol. The highest BCUT2D eigenvalue weighted by Gasteiger charge is 2.30. The van der Waals surface area contributed by atoms with Crippen molar-refractivity contribution in [3.05, 3.63) is 42.1 Å². The fourth-order valence-corrected chi connectivity index (χ4v) is 1.87. The molecule has 0 fully saturated rings. The van der Waals surface area contributed by atoms with Gasteiger partial charge in [-0.3, -0.25) is 15.1 Å². The van der Waals surface area contributed by atoms with Crippen LogP contribution in [-0.2, 0) is 4.79 Å². The molecule has 0 saturated carbocycles. The van der Waals surface area contributed by atoms with Crippen molar-refractivity contribution in [2.75, 3.05) is 6.54 Å². The van der Waals surface area contributed by atoms with Crippen molar-refractivity contribution in [1.29, 1.82) is 0 Å².